The maximum Gasteiger partial charge on any atom is 0.337 e. The number of carbonyl (C=O) groups is 2. The van der Waals surface area contributed by atoms with Crippen molar-refractivity contribution in [2.24, 2.45) is 0 Å². The van der Waals surface area contributed by atoms with Crippen LogP contribution in [0, 0.1) is 0 Å². The average Bonchev–Trinajstić information content (AvgIpc) is 2.62. The predicted molar refractivity (Wildman–Crippen MR) is 92.8 cm³/mol. The van der Waals surface area contributed by atoms with Crippen molar-refractivity contribution in [3.8, 4) is 5.75 Å². The van der Waals surface area contributed by atoms with E-state index in [0.717, 1.165) is 21.9 Å². The Balaban J connectivity index is 1.79. The van der Waals surface area contributed by atoms with Crippen LogP contribution in [0.3, 0.4) is 0 Å². The van der Waals surface area contributed by atoms with Crippen molar-refractivity contribution in [2.75, 3.05) is 19.5 Å². The molecule has 5 nitrogen and oxygen atoms in total. The Morgan fingerprint density at radius 1 is 1.17 bits per heavy atom. The molecule has 0 aromatic heterocycles. The first-order valence-electron chi connectivity index (χ1n) is 7.43. The minimum absolute atomic E-state index is 0.0332. The van der Waals surface area contributed by atoms with Gasteiger partial charge in [-0.3, -0.25) is 4.79 Å². The first-order chi connectivity index (χ1) is 11.6. The van der Waals surface area contributed by atoms with E-state index in [1.807, 2.05) is 24.3 Å². The van der Waals surface area contributed by atoms with Crippen LogP contribution in [-0.4, -0.2) is 31.3 Å². The summed E-state index contributed by atoms with van der Waals surface area (Å²) < 4.78 is 9.89. The van der Waals surface area contributed by atoms with Gasteiger partial charge >= 0.3 is 5.97 Å². The molecule has 0 radical (unpaired) electrons. The number of ether oxygens (including phenoxy) is 2. The summed E-state index contributed by atoms with van der Waals surface area (Å²) in [7, 11) is 2.97. The summed E-state index contributed by atoms with van der Waals surface area (Å²) in [6.07, 6.45) is 0.600. The number of amides is 1. The first kappa shape index (κ1) is 16.4. The number of rotatable bonds is 4. The van der Waals surface area contributed by atoms with E-state index in [2.05, 4.69) is 5.32 Å². The lowest BCUT2D eigenvalue weighted by Crippen LogP contribution is -2.30. The molecule has 6 heteroatoms. The maximum atomic E-state index is 12.3. The molecule has 1 unspecified atom stereocenters. The summed E-state index contributed by atoms with van der Waals surface area (Å²) in [5.74, 6) is 0.365. The van der Waals surface area contributed by atoms with Gasteiger partial charge in [0.25, 0.3) is 0 Å². The van der Waals surface area contributed by atoms with Gasteiger partial charge in [0.15, 0.2) is 0 Å². The van der Waals surface area contributed by atoms with Gasteiger partial charge in [0.05, 0.1) is 30.7 Å². The van der Waals surface area contributed by atoms with E-state index >= 15 is 0 Å². The van der Waals surface area contributed by atoms with E-state index in [1.54, 1.807) is 25.3 Å². The van der Waals surface area contributed by atoms with E-state index in [0.29, 0.717) is 12.0 Å². The molecular formula is C18H17NO4S. The van der Waals surface area contributed by atoms with Crippen molar-refractivity contribution in [1.82, 2.24) is 0 Å². The summed E-state index contributed by atoms with van der Waals surface area (Å²) in [6, 6.07) is 12.8. The summed E-state index contributed by atoms with van der Waals surface area (Å²) in [5.41, 5.74) is 2.25. The second-order valence-corrected chi connectivity index (χ2v) is 6.60. The molecule has 1 atom stereocenters. The number of nitrogens with one attached hydrogen (secondary N) is 1. The van der Waals surface area contributed by atoms with Gasteiger partial charge in [0, 0.05) is 4.90 Å². The molecule has 1 N–H and O–H groups in total. The first-order valence-corrected chi connectivity index (χ1v) is 8.31. The van der Waals surface area contributed by atoms with Crippen LogP contribution >= 0.6 is 11.8 Å². The number of anilines is 1. The van der Waals surface area contributed by atoms with Crippen LogP contribution in [-0.2, 0) is 16.0 Å². The Hall–Kier alpha value is -2.47. The smallest absolute Gasteiger partial charge is 0.337 e. The van der Waals surface area contributed by atoms with Crippen LogP contribution < -0.4 is 10.1 Å². The van der Waals surface area contributed by atoms with E-state index in [4.69, 9.17) is 9.47 Å². The molecule has 1 aliphatic heterocycles. The van der Waals surface area contributed by atoms with Crippen LogP contribution in [0.15, 0.2) is 47.4 Å². The number of methoxy groups -OCH3 is 2. The highest BCUT2D eigenvalue weighted by Gasteiger charge is 2.27. The van der Waals surface area contributed by atoms with Gasteiger partial charge in [-0.1, -0.05) is 12.1 Å². The standard InChI is InChI=1S/C18H17NO4S/c1-22-13-6-3-11(4-7-13)9-16-17(20)19-14-8-5-12(18(21)23-2)10-15(14)24-16/h3-8,10,16H,9H2,1-2H3,(H,19,20). The van der Waals surface area contributed by atoms with Gasteiger partial charge in [0.2, 0.25) is 5.91 Å². The van der Waals surface area contributed by atoms with Gasteiger partial charge in [-0.25, -0.2) is 4.79 Å². The largest absolute Gasteiger partial charge is 0.497 e. The van der Waals surface area contributed by atoms with Crippen molar-refractivity contribution in [1.29, 1.82) is 0 Å². The molecule has 0 aliphatic carbocycles. The van der Waals surface area contributed by atoms with Crippen molar-refractivity contribution in [3.63, 3.8) is 0 Å². The van der Waals surface area contributed by atoms with Crippen molar-refractivity contribution in [2.45, 2.75) is 16.6 Å². The molecule has 124 valence electrons. The molecule has 1 heterocycles. The monoisotopic (exact) mass is 343 g/mol. The average molecular weight is 343 g/mol. The van der Waals surface area contributed by atoms with Crippen LogP contribution in [0.5, 0.6) is 5.75 Å². The Kier molecular flexibility index (Phi) is 4.76. The SMILES string of the molecule is COC(=O)c1ccc2c(c1)SC(Cc1ccc(OC)cc1)C(=O)N2. The van der Waals surface area contributed by atoms with Crippen LogP contribution in [0.4, 0.5) is 5.69 Å². The zero-order valence-electron chi connectivity index (χ0n) is 13.4. The molecule has 3 rings (SSSR count). The highest BCUT2D eigenvalue weighted by atomic mass is 32.2. The molecule has 0 spiro atoms. The third-order valence-corrected chi connectivity index (χ3v) is 5.06. The number of hydrogen-bond donors (Lipinski definition) is 1. The molecule has 0 saturated heterocycles. The molecule has 2 aromatic carbocycles. The third-order valence-electron chi connectivity index (χ3n) is 3.80. The Morgan fingerprint density at radius 2 is 1.92 bits per heavy atom. The molecule has 1 aliphatic rings. The van der Waals surface area contributed by atoms with Crippen LogP contribution in [0.25, 0.3) is 0 Å². The topological polar surface area (TPSA) is 64.6 Å². The van der Waals surface area contributed by atoms with E-state index in [-0.39, 0.29) is 17.1 Å². The van der Waals surface area contributed by atoms with E-state index < -0.39 is 0 Å². The molecule has 2 aromatic rings. The second-order valence-electron chi connectivity index (χ2n) is 5.35. The number of benzene rings is 2. The second kappa shape index (κ2) is 6.97. The van der Waals surface area contributed by atoms with Gasteiger partial charge in [-0.05, 0) is 42.3 Å². The lowest BCUT2D eigenvalue weighted by molar-refractivity contribution is -0.115. The van der Waals surface area contributed by atoms with Crippen molar-refractivity contribution < 1.29 is 19.1 Å². The Bertz CT molecular complexity index is 773. The van der Waals surface area contributed by atoms with Gasteiger partial charge in [0.1, 0.15) is 5.75 Å². The van der Waals surface area contributed by atoms with Gasteiger partial charge < -0.3 is 14.8 Å². The van der Waals surface area contributed by atoms with Crippen molar-refractivity contribution >= 4 is 29.3 Å². The highest BCUT2D eigenvalue weighted by Crippen LogP contribution is 2.37. The fourth-order valence-electron chi connectivity index (χ4n) is 2.50. The predicted octanol–water partition coefficient (Wildman–Crippen LogP) is 3.14. The van der Waals surface area contributed by atoms with Gasteiger partial charge in [-0.2, -0.15) is 0 Å². The summed E-state index contributed by atoms with van der Waals surface area (Å²) in [5, 5.41) is 2.65. The van der Waals surface area contributed by atoms with E-state index in [9.17, 15) is 9.59 Å². The normalized spacial score (nSPS) is 16.1. The zero-order valence-corrected chi connectivity index (χ0v) is 14.2. The van der Waals surface area contributed by atoms with E-state index in [1.165, 1.54) is 18.9 Å². The number of fused-ring (bicyclic) bond motifs is 1. The number of thioether (sulfide) groups is 1. The Morgan fingerprint density at radius 3 is 2.58 bits per heavy atom. The summed E-state index contributed by atoms with van der Waals surface area (Å²) in [4.78, 5) is 24.8. The fraction of sp³-hybridized carbons (Fsp3) is 0.222. The lowest BCUT2D eigenvalue weighted by Gasteiger charge is -2.24. The third kappa shape index (κ3) is 3.38. The molecule has 24 heavy (non-hydrogen) atoms. The fourth-order valence-corrected chi connectivity index (χ4v) is 3.69. The lowest BCUT2D eigenvalue weighted by atomic mass is 10.1. The summed E-state index contributed by atoms with van der Waals surface area (Å²) in [6.45, 7) is 0. The Labute approximate surface area is 144 Å². The molecule has 0 fully saturated rings. The molecule has 0 bridgehead atoms. The number of carbonyl (C=O) groups excluding carboxylic acids is 2. The molecular weight excluding hydrogens is 326 g/mol. The van der Waals surface area contributed by atoms with Crippen LogP contribution in [0.1, 0.15) is 15.9 Å². The quantitative estimate of drug-likeness (QED) is 0.864. The van der Waals surface area contributed by atoms with Gasteiger partial charge in [-0.15, -0.1) is 11.8 Å². The summed E-state index contributed by atoms with van der Waals surface area (Å²) >= 11 is 1.46. The van der Waals surface area contributed by atoms with Crippen molar-refractivity contribution in [3.05, 3.63) is 53.6 Å². The minimum Gasteiger partial charge on any atom is -0.497 e. The number of esters is 1. The highest BCUT2D eigenvalue weighted by molar-refractivity contribution is 8.01. The maximum absolute atomic E-state index is 12.3. The minimum atomic E-state index is -0.387. The number of hydrogen-bond acceptors (Lipinski definition) is 5. The molecule has 0 saturated carbocycles. The van der Waals surface area contributed by atoms with Crippen LogP contribution in [0.2, 0.25) is 0 Å². The zero-order chi connectivity index (χ0) is 17.1. The molecule has 1 amide bonds.